The minimum Gasteiger partial charge on any atom is -0.294 e. The highest BCUT2D eigenvalue weighted by Crippen LogP contribution is 2.33. The molecule has 0 bridgehead atoms. The Hall–Kier alpha value is -0.220. The van der Waals surface area contributed by atoms with E-state index in [1.165, 1.54) is 25.7 Å². The van der Waals surface area contributed by atoms with Crippen molar-refractivity contribution < 1.29 is 4.79 Å². The van der Waals surface area contributed by atoms with Crippen LogP contribution >= 0.6 is 11.8 Å². The topological polar surface area (TPSA) is 55.1 Å². The van der Waals surface area contributed by atoms with E-state index in [1.54, 1.807) is 0 Å². The third kappa shape index (κ3) is 3.17. The van der Waals surface area contributed by atoms with Gasteiger partial charge in [-0.15, -0.1) is 0 Å². The van der Waals surface area contributed by atoms with Gasteiger partial charge >= 0.3 is 0 Å². The first-order chi connectivity index (χ1) is 6.56. The fraction of sp³-hybridized carbons (Fsp3) is 0.900. The van der Waals surface area contributed by atoms with E-state index in [4.69, 9.17) is 5.84 Å². The van der Waals surface area contributed by atoms with Crippen LogP contribution in [-0.2, 0) is 4.79 Å². The van der Waals surface area contributed by atoms with Crippen molar-refractivity contribution in [3.05, 3.63) is 0 Å². The van der Waals surface area contributed by atoms with Crippen molar-refractivity contribution in [2.75, 3.05) is 5.75 Å². The molecule has 1 fully saturated rings. The van der Waals surface area contributed by atoms with E-state index in [0.29, 0.717) is 0 Å². The van der Waals surface area contributed by atoms with Gasteiger partial charge in [0.05, 0.1) is 5.41 Å². The smallest absolute Gasteiger partial charge is 0.240 e. The lowest BCUT2D eigenvalue weighted by Crippen LogP contribution is -2.42. The van der Waals surface area contributed by atoms with Gasteiger partial charge in [-0.2, -0.15) is 11.8 Å². The number of carbonyl (C=O) groups is 1. The first-order valence-corrected chi connectivity index (χ1v) is 6.24. The fourth-order valence-corrected chi connectivity index (χ4v) is 3.09. The van der Waals surface area contributed by atoms with Crippen LogP contribution in [0.5, 0.6) is 0 Å². The van der Waals surface area contributed by atoms with Gasteiger partial charge in [0.15, 0.2) is 0 Å². The molecule has 0 saturated heterocycles. The van der Waals surface area contributed by atoms with Gasteiger partial charge in [-0.1, -0.05) is 26.7 Å². The quantitative estimate of drug-likeness (QED) is 0.427. The maximum atomic E-state index is 11.4. The summed E-state index contributed by atoms with van der Waals surface area (Å²) in [6, 6.07) is 0. The van der Waals surface area contributed by atoms with E-state index in [1.807, 2.05) is 25.6 Å². The highest BCUT2D eigenvalue weighted by atomic mass is 32.2. The second-order valence-electron chi connectivity index (χ2n) is 4.57. The summed E-state index contributed by atoms with van der Waals surface area (Å²) in [6.45, 7) is 3.88. The highest BCUT2D eigenvalue weighted by molar-refractivity contribution is 7.99. The van der Waals surface area contributed by atoms with Crippen LogP contribution in [0.1, 0.15) is 39.5 Å². The Morgan fingerprint density at radius 3 is 2.57 bits per heavy atom. The minimum absolute atomic E-state index is 0.0667. The molecule has 14 heavy (non-hydrogen) atoms. The van der Waals surface area contributed by atoms with Crippen LogP contribution in [0, 0.1) is 5.41 Å². The monoisotopic (exact) mass is 216 g/mol. The van der Waals surface area contributed by atoms with Crippen molar-refractivity contribution in [3.63, 3.8) is 0 Å². The Bertz CT molecular complexity index is 200. The number of nitrogens with one attached hydrogen (secondary N) is 1. The van der Waals surface area contributed by atoms with E-state index >= 15 is 0 Å². The van der Waals surface area contributed by atoms with Crippen LogP contribution in [0.3, 0.4) is 0 Å². The Labute approximate surface area is 90.2 Å². The molecular weight excluding hydrogens is 196 g/mol. The molecule has 0 spiro atoms. The number of hydrazine groups is 1. The van der Waals surface area contributed by atoms with Gasteiger partial charge in [0.2, 0.25) is 5.91 Å². The molecule has 82 valence electrons. The average Bonchev–Trinajstić information content (AvgIpc) is 2.66. The maximum absolute atomic E-state index is 11.4. The minimum atomic E-state index is -0.345. The van der Waals surface area contributed by atoms with Gasteiger partial charge in [-0.05, 0) is 12.8 Å². The van der Waals surface area contributed by atoms with Crippen molar-refractivity contribution in [1.82, 2.24) is 5.43 Å². The highest BCUT2D eigenvalue weighted by Gasteiger charge is 2.28. The zero-order valence-corrected chi connectivity index (χ0v) is 9.82. The van der Waals surface area contributed by atoms with Gasteiger partial charge in [0.25, 0.3) is 0 Å². The number of nitrogens with two attached hydrogens (primary N) is 1. The molecule has 0 radical (unpaired) electrons. The molecular formula is C10H20N2OS. The molecule has 0 aromatic heterocycles. The third-order valence-electron chi connectivity index (χ3n) is 2.73. The molecule has 3 N–H and O–H groups in total. The van der Waals surface area contributed by atoms with Gasteiger partial charge < -0.3 is 0 Å². The van der Waals surface area contributed by atoms with Crippen molar-refractivity contribution in [1.29, 1.82) is 0 Å². The predicted octanol–water partition coefficient (Wildman–Crippen LogP) is 1.68. The molecule has 0 aromatic rings. The lowest BCUT2D eigenvalue weighted by atomic mass is 9.96. The van der Waals surface area contributed by atoms with Gasteiger partial charge in [-0.25, -0.2) is 5.84 Å². The molecule has 1 amide bonds. The summed E-state index contributed by atoms with van der Waals surface area (Å²) < 4.78 is 0. The van der Waals surface area contributed by atoms with Crippen LogP contribution in [0.2, 0.25) is 0 Å². The number of rotatable bonds is 4. The summed E-state index contributed by atoms with van der Waals surface area (Å²) in [4.78, 5) is 11.4. The first-order valence-electron chi connectivity index (χ1n) is 5.19. The summed E-state index contributed by atoms with van der Waals surface area (Å²) >= 11 is 1.92. The molecule has 1 aliphatic carbocycles. The van der Waals surface area contributed by atoms with Crippen LogP contribution in [0.4, 0.5) is 0 Å². The first kappa shape index (κ1) is 11.9. The average molecular weight is 216 g/mol. The Morgan fingerprint density at radius 1 is 1.50 bits per heavy atom. The second kappa shape index (κ2) is 5.03. The van der Waals surface area contributed by atoms with Crippen LogP contribution < -0.4 is 11.3 Å². The zero-order chi connectivity index (χ0) is 10.6. The van der Waals surface area contributed by atoms with Crippen LogP contribution in [-0.4, -0.2) is 16.9 Å². The number of amides is 1. The molecule has 0 aliphatic heterocycles. The van der Waals surface area contributed by atoms with Gasteiger partial charge in [0.1, 0.15) is 0 Å². The summed E-state index contributed by atoms with van der Waals surface area (Å²) in [5.41, 5.74) is 1.88. The fourth-order valence-electron chi connectivity index (χ4n) is 1.64. The van der Waals surface area contributed by atoms with Gasteiger partial charge in [-0.3, -0.25) is 10.2 Å². The summed E-state index contributed by atoms with van der Waals surface area (Å²) in [6.07, 6.45) is 5.32. The molecule has 3 nitrogen and oxygen atoms in total. The van der Waals surface area contributed by atoms with Gasteiger partial charge in [0, 0.05) is 11.0 Å². The molecule has 4 heteroatoms. The van der Waals surface area contributed by atoms with Crippen LogP contribution in [0.25, 0.3) is 0 Å². The molecule has 1 saturated carbocycles. The summed E-state index contributed by atoms with van der Waals surface area (Å²) in [5, 5.41) is 0.764. The van der Waals surface area contributed by atoms with E-state index in [2.05, 4.69) is 5.43 Å². The largest absolute Gasteiger partial charge is 0.294 e. The Balaban J connectivity index is 2.31. The zero-order valence-electron chi connectivity index (χ0n) is 9.01. The predicted molar refractivity (Wildman–Crippen MR) is 60.8 cm³/mol. The van der Waals surface area contributed by atoms with Crippen molar-refractivity contribution >= 4 is 17.7 Å². The Morgan fingerprint density at radius 2 is 2.07 bits per heavy atom. The van der Waals surface area contributed by atoms with Crippen molar-refractivity contribution in [2.45, 2.75) is 44.8 Å². The van der Waals surface area contributed by atoms with Crippen LogP contribution in [0.15, 0.2) is 0 Å². The van der Waals surface area contributed by atoms with Crippen molar-refractivity contribution in [2.24, 2.45) is 11.3 Å². The standard InChI is InChI=1S/C10H20N2OS/c1-10(2,9(13)12-11)7-14-8-5-3-4-6-8/h8H,3-7,11H2,1-2H3,(H,12,13). The lowest BCUT2D eigenvalue weighted by Gasteiger charge is -2.23. The molecule has 0 aromatic carbocycles. The maximum Gasteiger partial charge on any atom is 0.240 e. The number of thioether (sulfide) groups is 1. The molecule has 1 aliphatic rings. The van der Waals surface area contributed by atoms with Crippen molar-refractivity contribution in [3.8, 4) is 0 Å². The van der Waals surface area contributed by atoms with E-state index in [0.717, 1.165) is 11.0 Å². The third-order valence-corrected chi connectivity index (χ3v) is 4.56. The van der Waals surface area contributed by atoms with E-state index in [9.17, 15) is 4.79 Å². The molecule has 0 unspecified atom stereocenters. The normalized spacial score (nSPS) is 18.5. The lowest BCUT2D eigenvalue weighted by molar-refractivity contribution is -0.128. The number of carbonyl (C=O) groups excluding carboxylic acids is 1. The molecule has 1 rings (SSSR count). The van der Waals surface area contributed by atoms with E-state index in [-0.39, 0.29) is 11.3 Å². The Kier molecular flexibility index (Phi) is 4.26. The number of hydrogen-bond donors (Lipinski definition) is 2. The van der Waals surface area contributed by atoms with E-state index < -0.39 is 0 Å². The SMILES string of the molecule is CC(C)(CSC1CCCC1)C(=O)NN. The molecule has 0 heterocycles. The molecule has 0 atom stereocenters. The second-order valence-corrected chi connectivity index (χ2v) is 5.86. The number of hydrogen-bond acceptors (Lipinski definition) is 3. The summed E-state index contributed by atoms with van der Waals surface area (Å²) in [7, 11) is 0. The summed E-state index contributed by atoms with van der Waals surface area (Å²) in [5.74, 6) is 5.93.